The third-order valence-corrected chi connectivity index (χ3v) is 4.38. The molecule has 0 fully saturated rings. The van der Waals surface area contributed by atoms with E-state index in [9.17, 15) is 8.42 Å². The van der Waals surface area contributed by atoms with Gasteiger partial charge in [0.2, 0.25) is 5.89 Å². The van der Waals surface area contributed by atoms with Crippen LogP contribution in [0.1, 0.15) is 32.0 Å². The smallest absolute Gasteiger partial charge is 0.279 e. The van der Waals surface area contributed by atoms with Crippen molar-refractivity contribution in [3.63, 3.8) is 0 Å². The summed E-state index contributed by atoms with van der Waals surface area (Å²) >= 11 is 0. The van der Waals surface area contributed by atoms with Gasteiger partial charge in [-0.2, -0.15) is 17.7 Å². The van der Waals surface area contributed by atoms with Crippen LogP contribution in [0.4, 0.5) is 0 Å². The average molecular weight is 319 g/mol. The first-order valence-corrected chi connectivity index (χ1v) is 8.49. The predicted molar refractivity (Wildman–Crippen MR) is 80.0 cm³/mol. The average Bonchev–Trinajstić information content (AvgIpc) is 2.79. The largest absolute Gasteiger partial charge is 0.339 e. The van der Waals surface area contributed by atoms with Crippen LogP contribution in [0.15, 0.2) is 4.52 Å². The molecular formula is C12H25N5O3S. The molecular weight excluding hydrogens is 294 g/mol. The van der Waals surface area contributed by atoms with E-state index in [4.69, 9.17) is 4.52 Å². The van der Waals surface area contributed by atoms with Gasteiger partial charge in [0.1, 0.15) is 0 Å². The fraction of sp³-hybridized carbons (Fsp3) is 0.833. The van der Waals surface area contributed by atoms with Crippen molar-refractivity contribution in [1.29, 1.82) is 0 Å². The Kier molecular flexibility index (Phi) is 7.23. The third kappa shape index (κ3) is 6.98. The van der Waals surface area contributed by atoms with Crippen LogP contribution < -0.4 is 10.0 Å². The molecule has 0 saturated carbocycles. The summed E-state index contributed by atoms with van der Waals surface area (Å²) in [7, 11) is -1.89. The first-order chi connectivity index (χ1) is 9.81. The van der Waals surface area contributed by atoms with Gasteiger partial charge < -0.3 is 9.84 Å². The lowest BCUT2D eigenvalue weighted by Crippen LogP contribution is -2.40. The highest BCUT2D eigenvalue weighted by Gasteiger charge is 2.16. The number of aromatic nitrogens is 2. The zero-order chi connectivity index (χ0) is 15.9. The van der Waals surface area contributed by atoms with Gasteiger partial charge in [-0.3, -0.25) is 0 Å². The molecule has 9 heteroatoms. The van der Waals surface area contributed by atoms with Crippen molar-refractivity contribution in [2.45, 2.75) is 39.7 Å². The van der Waals surface area contributed by atoms with Gasteiger partial charge in [0.05, 0.1) is 0 Å². The minimum atomic E-state index is -3.46. The van der Waals surface area contributed by atoms with Gasteiger partial charge in [-0.05, 0) is 19.9 Å². The second-order valence-electron chi connectivity index (χ2n) is 5.17. The van der Waals surface area contributed by atoms with Crippen molar-refractivity contribution in [2.75, 3.05) is 26.7 Å². The molecule has 0 aliphatic rings. The number of rotatable bonds is 10. The van der Waals surface area contributed by atoms with E-state index in [-0.39, 0.29) is 6.54 Å². The molecule has 0 amide bonds. The van der Waals surface area contributed by atoms with Crippen LogP contribution in [0.3, 0.4) is 0 Å². The lowest BCUT2D eigenvalue weighted by atomic mass is 10.3. The number of hydrogen-bond acceptors (Lipinski definition) is 6. The van der Waals surface area contributed by atoms with Gasteiger partial charge in [-0.1, -0.05) is 19.0 Å². The molecule has 0 bridgehead atoms. The van der Waals surface area contributed by atoms with Crippen LogP contribution in [0.25, 0.3) is 0 Å². The van der Waals surface area contributed by atoms with E-state index in [0.717, 1.165) is 13.0 Å². The third-order valence-electron chi connectivity index (χ3n) is 2.81. The van der Waals surface area contributed by atoms with E-state index in [1.165, 1.54) is 4.31 Å². The molecule has 2 N–H and O–H groups in total. The highest BCUT2D eigenvalue weighted by atomic mass is 32.2. The highest BCUT2D eigenvalue weighted by Crippen LogP contribution is 1.99. The summed E-state index contributed by atoms with van der Waals surface area (Å²) in [5, 5.41) is 6.90. The normalized spacial score (nSPS) is 12.5. The maximum atomic E-state index is 12.0. The van der Waals surface area contributed by atoms with Gasteiger partial charge in [0.15, 0.2) is 5.82 Å². The summed E-state index contributed by atoms with van der Waals surface area (Å²) in [6, 6.07) is 0.405. The minimum absolute atomic E-state index is 0.235. The van der Waals surface area contributed by atoms with Crippen molar-refractivity contribution < 1.29 is 12.9 Å². The first-order valence-electron chi connectivity index (χ1n) is 7.05. The quantitative estimate of drug-likeness (QED) is 0.592. The van der Waals surface area contributed by atoms with Crippen LogP contribution in [0.5, 0.6) is 0 Å². The summed E-state index contributed by atoms with van der Waals surface area (Å²) in [6.07, 6.45) is 1.14. The van der Waals surface area contributed by atoms with Gasteiger partial charge in [0.25, 0.3) is 10.2 Å². The van der Waals surface area contributed by atoms with Crippen molar-refractivity contribution in [1.82, 2.24) is 24.5 Å². The number of nitrogens with zero attached hydrogens (tertiary/aromatic N) is 3. The SMILES string of the molecule is Cc1noc(CCNS(=O)(=O)N(C)CCCNC(C)C)n1. The summed E-state index contributed by atoms with van der Waals surface area (Å²) in [4.78, 5) is 4.02. The van der Waals surface area contributed by atoms with Gasteiger partial charge >= 0.3 is 0 Å². The lowest BCUT2D eigenvalue weighted by molar-refractivity contribution is 0.373. The maximum Gasteiger partial charge on any atom is 0.279 e. The Hall–Kier alpha value is -1.03. The summed E-state index contributed by atoms with van der Waals surface area (Å²) in [6.45, 7) is 7.32. The topological polar surface area (TPSA) is 100 Å². The molecule has 0 radical (unpaired) electrons. The van der Waals surface area contributed by atoms with E-state index in [1.807, 2.05) is 0 Å². The van der Waals surface area contributed by atoms with Crippen molar-refractivity contribution >= 4 is 10.2 Å². The monoisotopic (exact) mass is 319 g/mol. The molecule has 0 aromatic carbocycles. The van der Waals surface area contributed by atoms with E-state index >= 15 is 0 Å². The van der Waals surface area contributed by atoms with Crippen LogP contribution in [0, 0.1) is 6.92 Å². The summed E-state index contributed by atoms with van der Waals surface area (Å²) < 4.78 is 32.7. The van der Waals surface area contributed by atoms with E-state index in [2.05, 4.69) is 34.0 Å². The maximum absolute atomic E-state index is 12.0. The Morgan fingerprint density at radius 2 is 2.05 bits per heavy atom. The van der Waals surface area contributed by atoms with Crippen LogP contribution in [-0.4, -0.2) is 55.6 Å². The molecule has 21 heavy (non-hydrogen) atoms. The molecule has 0 saturated heterocycles. The molecule has 1 aromatic heterocycles. The zero-order valence-corrected chi connectivity index (χ0v) is 13.9. The molecule has 0 atom stereocenters. The van der Waals surface area contributed by atoms with Gasteiger partial charge in [-0.15, -0.1) is 0 Å². The molecule has 1 aromatic rings. The van der Waals surface area contributed by atoms with E-state index < -0.39 is 10.2 Å². The van der Waals surface area contributed by atoms with Gasteiger partial charge in [0, 0.05) is 32.6 Å². The van der Waals surface area contributed by atoms with Gasteiger partial charge in [-0.25, -0.2) is 4.72 Å². The molecule has 8 nitrogen and oxygen atoms in total. The number of nitrogens with one attached hydrogen (secondary N) is 2. The van der Waals surface area contributed by atoms with Crippen molar-refractivity contribution in [3.05, 3.63) is 11.7 Å². The Morgan fingerprint density at radius 3 is 2.62 bits per heavy atom. The molecule has 0 unspecified atom stereocenters. The Labute approximate surface area is 126 Å². The second-order valence-corrected chi connectivity index (χ2v) is 7.03. The van der Waals surface area contributed by atoms with Crippen molar-refractivity contribution in [3.8, 4) is 0 Å². The fourth-order valence-corrected chi connectivity index (χ4v) is 2.60. The second kappa shape index (κ2) is 8.42. The summed E-state index contributed by atoms with van der Waals surface area (Å²) in [5.41, 5.74) is 0. The van der Waals surface area contributed by atoms with E-state index in [0.29, 0.717) is 30.7 Å². The molecule has 0 aliphatic carbocycles. The standard InChI is InChI=1S/C12H25N5O3S/c1-10(2)13-7-5-9-17(4)21(18,19)14-8-6-12-15-11(3)16-20-12/h10,13-14H,5-9H2,1-4H3. The zero-order valence-electron chi connectivity index (χ0n) is 13.1. The molecule has 1 heterocycles. The Morgan fingerprint density at radius 1 is 1.33 bits per heavy atom. The first kappa shape index (κ1) is 18.0. The molecule has 0 aliphatic heterocycles. The molecule has 0 spiro atoms. The Balaban J connectivity index is 2.28. The van der Waals surface area contributed by atoms with Crippen LogP contribution in [-0.2, 0) is 16.6 Å². The molecule has 122 valence electrons. The van der Waals surface area contributed by atoms with E-state index in [1.54, 1.807) is 14.0 Å². The van der Waals surface area contributed by atoms with Crippen LogP contribution >= 0.6 is 0 Å². The molecule has 1 rings (SSSR count). The number of aryl methyl sites for hydroxylation is 1. The fourth-order valence-electron chi connectivity index (χ4n) is 1.65. The number of hydrogen-bond donors (Lipinski definition) is 2. The predicted octanol–water partition coefficient (Wildman–Crippen LogP) is 0.0748. The lowest BCUT2D eigenvalue weighted by Gasteiger charge is -2.17. The Bertz CT molecular complexity index is 515. The van der Waals surface area contributed by atoms with Crippen molar-refractivity contribution in [2.24, 2.45) is 0 Å². The summed E-state index contributed by atoms with van der Waals surface area (Å²) in [5.74, 6) is 0.974. The van der Waals surface area contributed by atoms with Crippen LogP contribution in [0.2, 0.25) is 0 Å². The minimum Gasteiger partial charge on any atom is -0.339 e. The highest BCUT2D eigenvalue weighted by molar-refractivity contribution is 7.87.